The minimum atomic E-state index is 0.109. The van der Waals surface area contributed by atoms with Gasteiger partial charge in [-0.25, -0.2) is 0 Å². The molecule has 132 valence electrons. The number of fused-ring (bicyclic) bond motifs is 2. The summed E-state index contributed by atoms with van der Waals surface area (Å²) in [6.45, 7) is 0. The number of benzene rings is 3. The zero-order valence-electron chi connectivity index (χ0n) is 21.0. The Morgan fingerprint density at radius 1 is 0.407 bits per heavy atom. The van der Waals surface area contributed by atoms with E-state index in [1.807, 2.05) is 36.4 Å². The average molecular weight is 355 g/mol. The average Bonchev–Trinajstić information content (AvgIpc) is 3.60. The van der Waals surface area contributed by atoms with Crippen molar-refractivity contribution in [1.82, 2.24) is 0 Å². The topological polar surface area (TPSA) is 0 Å². The maximum Gasteiger partial charge on any atom is 0.0626 e. The van der Waals surface area contributed by atoms with Gasteiger partial charge in [0.2, 0.25) is 0 Å². The summed E-state index contributed by atoms with van der Waals surface area (Å²) in [7, 11) is 0. The van der Waals surface area contributed by atoms with E-state index in [2.05, 4.69) is 0 Å². The summed E-state index contributed by atoms with van der Waals surface area (Å²) in [5, 5.41) is 0. The molecule has 0 saturated heterocycles. The quantitative estimate of drug-likeness (QED) is 0.416. The van der Waals surface area contributed by atoms with E-state index in [1.54, 1.807) is 0 Å². The Morgan fingerprint density at radius 3 is 0.889 bits per heavy atom. The van der Waals surface area contributed by atoms with Crippen LogP contribution in [0.3, 0.4) is 0 Å². The second-order valence-corrected chi connectivity index (χ2v) is 8.82. The van der Waals surface area contributed by atoms with E-state index in [0.717, 1.165) is 52.6 Å². The predicted molar refractivity (Wildman–Crippen MR) is 110 cm³/mol. The van der Waals surface area contributed by atoms with Gasteiger partial charge in [0.05, 0.1) is 8.22 Å². The highest BCUT2D eigenvalue weighted by Crippen LogP contribution is 2.59. The van der Waals surface area contributed by atoms with Crippen LogP contribution >= 0.6 is 0 Å². The van der Waals surface area contributed by atoms with E-state index in [1.165, 1.54) is 0 Å². The lowest BCUT2D eigenvalue weighted by Gasteiger charge is -2.08. The fourth-order valence-electron chi connectivity index (χ4n) is 5.15. The molecule has 3 aromatic rings. The minimum Gasteiger partial charge on any atom is -0.0585 e. The van der Waals surface area contributed by atoms with Crippen LogP contribution in [0.1, 0.15) is 96.4 Å². The van der Waals surface area contributed by atoms with Crippen molar-refractivity contribution >= 4 is 0 Å². The second kappa shape index (κ2) is 5.13. The van der Waals surface area contributed by atoms with Gasteiger partial charge in [0.1, 0.15) is 0 Å². The van der Waals surface area contributed by atoms with E-state index in [9.17, 15) is 0 Å². The SMILES string of the molecule is [2H]c1cc2cc([2H])c1C1CC1c1cc([2H])c(c([2H])c1)C1CC1c1cc([2H])c(c([2H])c1)C1CC21. The summed E-state index contributed by atoms with van der Waals surface area (Å²) in [6, 6.07) is 13.8. The summed E-state index contributed by atoms with van der Waals surface area (Å²) in [6.07, 6.45) is 2.59. The lowest BCUT2D eigenvalue weighted by Crippen LogP contribution is -1.91. The molecule has 0 heterocycles. The van der Waals surface area contributed by atoms with Crippen molar-refractivity contribution in [2.75, 3.05) is 0 Å². The van der Waals surface area contributed by atoms with Gasteiger partial charge in [-0.1, -0.05) is 72.7 Å². The Hall–Kier alpha value is -2.34. The molecule has 0 amide bonds. The van der Waals surface area contributed by atoms with E-state index in [4.69, 9.17) is 8.22 Å². The molecule has 6 unspecified atom stereocenters. The van der Waals surface area contributed by atoms with Gasteiger partial charge in [-0.2, -0.15) is 0 Å². The first-order valence-electron chi connectivity index (χ1n) is 13.1. The highest BCUT2D eigenvalue weighted by atomic mass is 14.5. The third kappa shape index (κ3) is 2.29. The fraction of sp³-hybridized carbons (Fsp3) is 0.333. The number of rotatable bonds is 0. The van der Waals surface area contributed by atoms with Gasteiger partial charge in [0.15, 0.2) is 0 Å². The van der Waals surface area contributed by atoms with Crippen LogP contribution in [0, 0.1) is 0 Å². The Morgan fingerprint density at radius 2 is 0.630 bits per heavy atom. The van der Waals surface area contributed by atoms with Gasteiger partial charge >= 0.3 is 0 Å². The first kappa shape index (κ1) is 10.3. The molecule has 7 aliphatic carbocycles. The molecule has 6 atom stereocenters. The van der Waals surface area contributed by atoms with Crippen LogP contribution < -0.4 is 0 Å². The lowest BCUT2D eigenvalue weighted by molar-refractivity contribution is 0.983. The molecule has 0 spiro atoms. The van der Waals surface area contributed by atoms with Crippen molar-refractivity contribution in [3.05, 3.63) is 106 Å². The van der Waals surface area contributed by atoms with Crippen molar-refractivity contribution in [1.29, 1.82) is 0 Å². The molecule has 3 saturated carbocycles. The van der Waals surface area contributed by atoms with Crippen molar-refractivity contribution in [3.8, 4) is 0 Å². The standard InChI is InChI=1S/C27H24/c1-2-17-4-3-16(1)22-13-24(22)18-5-7-20(8-6-18)26-15-27(26)21-11-9-19(10-12-21)25-14-23(17)25/h1-12,22-27H,13-15H2/i1D,3D,7D,8D,9D,10D. The molecule has 0 N–H and O–H groups in total. The summed E-state index contributed by atoms with van der Waals surface area (Å²) < 4.78 is 52.0. The zero-order valence-corrected chi connectivity index (χ0v) is 15.0. The predicted octanol–water partition coefficient (Wildman–Crippen LogP) is 6.81. The molecule has 3 fully saturated rings. The Bertz CT molecular complexity index is 1130. The maximum atomic E-state index is 8.67. The van der Waals surface area contributed by atoms with Crippen LogP contribution in [-0.2, 0) is 0 Å². The third-order valence-corrected chi connectivity index (χ3v) is 7.13. The molecule has 0 aromatic heterocycles. The highest BCUT2D eigenvalue weighted by molar-refractivity contribution is 5.45. The molecule has 6 bridgehead atoms. The van der Waals surface area contributed by atoms with Gasteiger partial charge in [0, 0.05) is 0 Å². The summed E-state index contributed by atoms with van der Waals surface area (Å²) >= 11 is 0. The summed E-state index contributed by atoms with van der Waals surface area (Å²) in [5.74, 6) is 0.862. The normalized spacial score (nSPS) is 37.3. The van der Waals surface area contributed by atoms with E-state index < -0.39 is 0 Å². The number of hydrogen-bond acceptors (Lipinski definition) is 0. The molecule has 7 aliphatic rings. The van der Waals surface area contributed by atoms with Crippen LogP contribution in [-0.4, -0.2) is 0 Å². The largest absolute Gasteiger partial charge is 0.0626 e. The van der Waals surface area contributed by atoms with Crippen molar-refractivity contribution in [3.63, 3.8) is 0 Å². The molecule has 27 heavy (non-hydrogen) atoms. The lowest BCUT2D eigenvalue weighted by atomic mass is 9.97. The smallest absolute Gasteiger partial charge is 0.0585 e. The van der Waals surface area contributed by atoms with Crippen molar-refractivity contribution < 1.29 is 8.22 Å². The van der Waals surface area contributed by atoms with Gasteiger partial charge in [-0.05, 0) is 88.2 Å². The highest BCUT2D eigenvalue weighted by Gasteiger charge is 2.43. The van der Waals surface area contributed by atoms with E-state index in [-0.39, 0.29) is 35.5 Å². The van der Waals surface area contributed by atoms with Crippen LogP contribution in [0.4, 0.5) is 0 Å². The molecular formula is C27H24. The van der Waals surface area contributed by atoms with Crippen LogP contribution in [0.5, 0.6) is 0 Å². The molecule has 10 rings (SSSR count). The minimum absolute atomic E-state index is 0.109. The van der Waals surface area contributed by atoms with Crippen LogP contribution in [0.15, 0.2) is 72.7 Å². The van der Waals surface area contributed by atoms with Gasteiger partial charge in [-0.3, -0.25) is 0 Å². The van der Waals surface area contributed by atoms with E-state index >= 15 is 0 Å². The zero-order chi connectivity index (χ0) is 22.8. The first-order chi connectivity index (χ1) is 15.8. The second-order valence-electron chi connectivity index (χ2n) is 8.82. The summed E-state index contributed by atoms with van der Waals surface area (Å²) in [4.78, 5) is 0. The molecule has 0 radical (unpaired) electrons. The van der Waals surface area contributed by atoms with Gasteiger partial charge in [-0.15, -0.1) is 0 Å². The van der Waals surface area contributed by atoms with E-state index in [0.29, 0.717) is 36.3 Å². The van der Waals surface area contributed by atoms with Crippen LogP contribution in [0.25, 0.3) is 0 Å². The Kier molecular flexibility index (Phi) is 1.95. The molecule has 0 heteroatoms. The number of hydrogen-bond donors (Lipinski definition) is 0. The van der Waals surface area contributed by atoms with Gasteiger partial charge < -0.3 is 0 Å². The van der Waals surface area contributed by atoms with Crippen molar-refractivity contribution in [2.45, 2.75) is 54.8 Å². The Balaban J connectivity index is 1.41. The summed E-state index contributed by atoms with van der Waals surface area (Å²) in [5.41, 5.74) is 5.27. The first-order valence-corrected chi connectivity index (χ1v) is 10.1. The monoisotopic (exact) mass is 354 g/mol. The van der Waals surface area contributed by atoms with Gasteiger partial charge in [0.25, 0.3) is 0 Å². The molecule has 0 nitrogen and oxygen atoms in total. The van der Waals surface area contributed by atoms with Crippen LogP contribution in [0.2, 0.25) is 0 Å². The molecule has 3 aromatic carbocycles. The molecular weight excluding hydrogens is 324 g/mol. The fourth-order valence-corrected chi connectivity index (χ4v) is 5.15. The van der Waals surface area contributed by atoms with Crippen molar-refractivity contribution in [2.24, 2.45) is 0 Å². The molecule has 0 aliphatic heterocycles. The maximum absolute atomic E-state index is 8.67. The Labute approximate surface area is 169 Å². The third-order valence-electron chi connectivity index (χ3n) is 7.13.